The molecule has 1 fully saturated rings. The van der Waals surface area contributed by atoms with Crippen LogP contribution in [-0.4, -0.2) is 35.0 Å². The second-order valence-corrected chi connectivity index (χ2v) is 11.6. The zero-order valence-corrected chi connectivity index (χ0v) is 25.3. The number of hydrogen-bond acceptors (Lipinski definition) is 7. The Bertz CT molecular complexity index is 1640. The third-order valence-electron chi connectivity index (χ3n) is 7.31. The van der Waals surface area contributed by atoms with Crippen molar-refractivity contribution in [1.82, 2.24) is 4.98 Å². The number of nitrogens with zero attached hydrogens (tertiary/aromatic N) is 2. The number of rotatable bonds is 11. The van der Waals surface area contributed by atoms with E-state index in [9.17, 15) is 14.7 Å². The molecule has 3 aromatic carbocycles. The van der Waals surface area contributed by atoms with E-state index in [1.807, 2.05) is 56.3 Å². The Morgan fingerprint density at radius 1 is 0.929 bits per heavy atom. The Morgan fingerprint density at radius 3 is 2.31 bits per heavy atom. The fraction of sp³-hybridized carbons (Fsp3) is 0.324. The van der Waals surface area contributed by atoms with Gasteiger partial charge in [-0.25, -0.2) is 4.98 Å². The van der Waals surface area contributed by atoms with Crippen LogP contribution in [0.5, 0.6) is 11.5 Å². The third-order valence-corrected chi connectivity index (χ3v) is 8.31. The molecular formula is C34H36N2O5S. The molecule has 1 N–H and O–H groups in total. The van der Waals surface area contributed by atoms with E-state index in [-0.39, 0.29) is 11.3 Å². The lowest BCUT2D eigenvalue weighted by molar-refractivity contribution is -0.132. The van der Waals surface area contributed by atoms with E-state index in [1.54, 1.807) is 18.2 Å². The van der Waals surface area contributed by atoms with Gasteiger partial charge in [-0.15, -0.1) is 0 Å². The van der Waals surface area contributed by atoms with Crippen LogP contribution < -0.4 is 14.4 Å². The Labute approximate surface area is 250 Å². The summed E-state index contributed by atoms with van der Waals surface area (Å²) >= 11 is 1.36. The standard InChI is InChI=1S/C34H36N2O5S/c1-5-7-16-40-25-14-12-23(13-15-25)30-28(31(37)24-10-9-11-26(20-24)41-17-8-6-2)32(38)33(39)36(30)34-35-29-22(4)18-21(3)19-27(29)42-34/h9-15,18-20,30,37H,5-8,16-17H2,1-4H3/b31-28+. The number of Topliss-reactive ketones (excluding diaryl/α,β-unsaturated/α-hetero) is 1. The number of carbonyl (C=O) groups excluding carboxylic acids is 2. The third kappa shape index (κ3) is 5.90. The lowest BCUT2D eigenvalue weighted by Crippen LogP contribution is -2.29. The van der Waals surface area contributed by atoms with Crippen molar-refractivity contribution in [3.05, 3.63) is 88.5 Å². The van der Waals surface area contributed by atoms with Crippen molar-refractivity contribution in [2.24, 2.45) is 0 Å². The lowest BCUT2D eigenvalue weighted by atomic mass is 9.95. The molecule has 0 aliphatic carbocycles. The maximum absolute atomic E-state index is 13.7. The molecule has 1 atom stereocenters. The molecule has 218 valence electrons. The second kappa shape index (κ2) is 12.8. The fourth-order valence-corrected chi connectivity index (χ4v) is 6.28. The minimum Gasteiger partial charge on any atom is -0.507 e. The zero-order valence-electron chi connectivity index (χ0n) is 24.5. The molecule has 1 amide bonds. The van der Waals surface area contributed by atoms with Crippen LogP contribution in [0.3, 0.4) is 0 Å². The Kier molecular flexibility index (Phi) is 8.92. The summed E-state index contributed by atoms with van der Waals surface area (Å²) in [5.74, 6) is -0.451. The molecule has 1 unspecified atom stereocenters. The lowest BCUT2D eigenvalue weighted by Gasteiger charge is -2.23. The summed E-state index contributed by atoms with van der Waals surface area (Å²) in [5.41, 5.74) is 3.96. The van der Waals surface area contributed by atoms with Gasteiger partial charge in [0, 0.05) is 5.56 Å². The Balaban J connectivity index is 1.62. The monoisotopic (exact) mass is 584 g/mol. The molecule has 0 spiro atoms. The minimum absolute atomic E-state index is 0.0116. The van der Waals surface area contributed by atoms with Gasteiger partial charge < -0.3 is 14.6 Å². The van der Waals surface area contributed by atoms with E-state index in [0.717, 1.165) is 47.0 Å². The predicted octanol–water partition coefficient (Wildman–Crippen LogP) is 7.90. The molecule has 1 aliphatic rings. The van der Waals surface area contributed by atoms with Gasteiger partial charge in [0.05, 0.1) is 35.0 Å². The average Bonchev–Trinajstić information content (AvgIpc) is 3.52. The van der Waals surface area contributed by atoms with E-state index in [1.165, 1.54) is 16.2 Å². The van der Waals surface area contributed by atoms with Gasteiger partial charge in [0.15, 0.2) is 5.13 Å². The maximum atomic E-state index is 13.7. The summed E-state index contributed by atoms with van der Waals surface area (Å²) in [5, 5.41) is 12.0. The van der Waals surface area contributed by atoms with Crippen LogP contribution in [0.1, 0.15) is 67.8 Å². The van der Waals surface area contributed by atoms with Crippen LogP contribution in [0, 0.1) is 13.8 Å². The number of aliphatic hydroxyl groups is 1. The molecule has 7 nitrogen and oxygen atoms in total. The Hall–Kier alpha value is -4.17. The van der Waals surface area contributed by atoms with Gasteiger partial charge in [-0.2, -0.15) is 0 Å². The van der Waals surface area contributed by atoms with Gasteiger partial charge in [-0.05, 0) is 73.7 Å². The highest BCUT2D eigenvalue weighted by Gasteiger charge is 2.48. The molecule has 4 aromatic rings. The van der Waals surface area contributed by atoms with Crippen LogP contribution >= 0.6 is 11.3 Å². The number of fused-ring (bicyclic) bond motifs is 1. The van der Waals surface area contributed by atoms with Crippen molar-refractivity contribution in [1.29, 1.82) is 0 Å². The van der Waals surface area contributed by atoms with Crippen molar-refractivity contribution in [3.63, 3.8) is 0 Å². The number of aliphatic hydroxyl groups excluding tert-OH is 1. The SMILES string of the molecule is CCCCOc1ccc(C2/C(=C(\O)c3cccc(OCCCC)c3)C(=O)C(=O)N2c2nc3c(C)cc(C)cc3s2)cc1. The fourth-order valence-electron chi connectivity index (χ4n) is 5.11. The smallest absolute Gasteiger partial charge is 0.301 e. The van der Waals surface area contributed by atoms with Crippen molar-refractivity contribution >= 4 is 44.1 Å². The van der Waals surface area contributed by atoms with Gasteiger partial charge in [-0.1, -0.05) is 68.4 Å². The first-order valence-corrected chi connectivity index (χ1v) is 15.3. The molecule has 1 aliphatic heterocycles. The summed E-state index contributed by atoms with van der Waals surface area (Å²) in [7, 11) is 0. The Morgan fingerprint density at radius 2 is 1.62 bits per heavy atom. The van der Waals surface area contributed by atoms with E-state index in [4.69, 9.17) is 14.5 Å². The number of thiazole rings is 1. The maximum Gasteiger partial charge on any atom is 0.301 e. The summed E-state index contributed by atoms with van der Waals surface area (Å²) in [6, 6.07) is 17.5. The van der Waals surface area contributed by atoms with Gasteiger partial charge in [-0.3, -0.25) is 14.5 Å². The molecule has 5 rings (SSSR count). The van der Waals surface area contributed by atoms with Gasteiger partial charge in [0.25, 0.3) is 5.78 Å². The van der Waals surface area contributed by atoms with Gasteiger partial charge >= 0.3 is 5.91 Å². The van der Waals surface area contributed by atoms with Crippen molar-refractivity contribution in [3.8, 4) is 11.5 Å². The number of benzene rings is 3. The van der Waals surface area contributed by atoms with E-state index >= 15 is 0 Å². The second-order valence-electron chi connectivity index (χ2n) is 10.6. The van der Waals surface area contributed by atoms with Crippen molar-refractivity contribution in [2.45, 2.75) is 59.4 Å². The molecular weight excluding hydrogens is 548 g/mol. The number of hydrogen-bond donors (Lipinski definition) is 1. The zero-order chi connectivity index (χ0) is 29.8. The first kappa shape index (κ1) is 29.3. The minimum atomic E-state index is -0.874. The molecule has 42 heavy (non-hydrogen) atoms. The highest BCUT2D eigenvalue weighted by atomic mass is 32.1. The van der Waals surface area contributed by atoms with Crippen LogP contribution in [0.2, 0.25) is 0 Å². The predicted molar refractivity (Wildman–Crippen MR) is 168 cm³/mol. The summed E-state index contributed by atoms with van der Waals surface area (Å²) < 4.78 is 12.6. The average molecular weight is 585 g/mol. The number of ketones is 1. The quantitative estimate of drug-likeness (QED) is 0.0834. The van der Waals surface area contributed by atoms with E-state index < -0.39 is 17.7 Å². The van der Waals surface area contributed by atoms with Gasteiger partial charge in [0.2, 0.25) is 0 Å². The van der Waals surface area contributed by atoms with Gasteiger partial charge in [0.1, 0.15) is 17.3 Å². The van der Waals surface area contributed by atoms with E-state index in [2.05, 4.69) is 13.8 Å². The van der Waals surface area contributed by atoms with Crippen LogP contribution in [-0.2, 0) is 9.59 Å². The topological polar surface area (TPSA) is 89.0 Å². The van der Waals surface area contributed by atoms with Crippen molar-refractivity contribution in [2.75, 3.05) is 18.1 Å². The molecule has 1 saturated heterocycles. The summed E-state index contributed by atoms with van der Waals surface area (Å²) in [6.45, 7) is 9.35. The number of carbonyl (C=O) groups is 2. The van der Waals surface area contributed by atoms with Crippen LogP contribution in [0.25, 0.3) is 16.0 Å². The highest BCUT2D eigenvalue weighted by molar-refractivity contribution is 7.22. The molecule has 0 radical (unpaired) electrons. The first-order chi connectivity index (χ1) is 20.3. The van der Waals surface area contributed by atoms with Crippen molar-refractivity contribution < 1.29 is 24.2 Å². The largest absolute Gasteiger partial charge is 0.507 e. The molecule has 2 heterocycles. The highest BCUT2D eigenvalue weighted by Crippen LogP contribution is 2.45. The van der Waals surface area contributed by atoms with E-state index in [0.29, 0.717) is 41.0 Å². The normalized spacial score (nSPS) is 16.4. The molecule has 0 bridgehead atoms. The van der Waals surface area contributed by atoms with Crippen LogP contribution in [0.4, 0.5) is 5.13 Å². The molecule has 0 saturated carbocycles. The first-order valence-electron chi connectivity index (χ1n) is 14.5. The molecule has 1 aromatic heterocycles. The number of unbranched alkanes of at least 4 members (excludes halogenated alkanes) is 2. The summed E-state index contributed by atoms with van der Waals surface area (Å²) in [6.07, 6.45) is 3.87. The summed E-state index contributed by atoms with van der Waals surface area (Å²) in [4.78, 5) is 33.6. The molecule has 8 heteroatoms. The number of anilines is 1. The number of amides is 1. The number of ether oxygens (including phenoxy) is 2. The number of aromatic nitrogens is 1. The number of aryl methyl sites for hydroxylation is 2. The van der Waals surface area contributed by atoms with Crippen LogP contribution in [0.15, 0.2) is 66.2 Å².